The Morgan fingerprint density at radius 3 is 2.43 bits per heavy atom. The lowest BCUT2D eigenvalue weighted by atomic mass is 10.4. The lowest BCUT2D eigenvalue weighted by molar-refractivity contribution is 0.627. The summed E-state index contributed by atoms with van der Waals surface area (Å²) in [5, 5.41) is 3.12. The Bertz CT molecular complexity index is 35.1. The van der Waals surface area contributed by atoms with Crippen molar-refractivity contribution in [1.82, 2.24) is 5.32 Å². The fourth-order valence-corrected chi connectivity index (χ4v) is 0.372. The largest absolute Gasteiger partial charge is 0.327 e. The van der Waals surface area contributed by atoms with Crippen molar-refractivity contribution < 1.29 is 0 Å². The van der Waals surface area contributed by atoms with Crippen molar-refractivity contribution in [2.24, 2.45) is 5.73 Å². The van der Waals surface area contributed by atoms with E-state index in [-0.39, 0.29) is 0 Å². The van der Waals surface area contributed by atoms with Crippen LogP contribution < -0.4 is 11.1 Å². The Morgan fingerprint density at radius 1 is 1.71 bits per heavy atom. The molecule has 7 heavy (non-hydrogen) atoms. The van der Waals surface area contributed by atoms with E-state index < -0.39 is 0 Å². The van der Waals surface area contributed by atoms with E-state index in [0.29, 0.717) is 6.04 Å². The smallest absolute Gasteiger partial charge is 0.0136 e. The Labute approximate surface area is 45.1 Å². The van der Waals surface area contributed by atoms with E-state index in [1.165, 1.54) is 0 Å². The first kappa shape index (κ1) is 6.92. The lowest BCUT2D eigenvalue weighted by Crippen LogP contribution is -2.30. The Kier molecular flexibility index (Phi) is 4.04. The molecule has 0 radical (unpaired) electrons. The van der Waals surface area contributed by atoms with Crippen LogP contribution >= 0.6 is 0 Å². The van der Waals surface area contributed by atoms with Crippen molar-refractivity contribution in [3.8, 4) is 0 Å². The first-order chi connectivity index (χ1) is 3.27. The SMILES string of the molecule is CCNCC(C)N. The molecular formula is C5H14N2. The van der Waals surface area contributed by atoms with E-state index >= 15 is 0 Å². The molecule has 2 heteroatoms. The molecule has 0 rings (SSSR count). The van der Waals surface area contributed by atoms with Crippen molar-refractivity contribution in [3.63, 3.8) is 0 Å². The minimum absolute atomic E-state index is 0.292. The molecule has 0 aromatic heterocycles. The topological polar surface area (TPSA) is 38.0 Å². The van der Waals surface area contributed by atoms with E-state index in [9.17, 15) is 0 Å². The molecule has 0 aliphatic carbocycles. The maximum atomic E-state index is 5.42. The zero-order chi connectivity index (χ0) is 5.70. The van der Waals surface area contributed by atoms with Crippen molar-refractivity contribution >= 4 is 0 Å². The molecule has 0 bridgehead atoms. The van der Waals surface area contributed by atoms with Crippen molar-refractivity contribution in [2.75, 3.05) is 13.1 Å². The van der Waals surface area contributed by atoms with Gasteiger partial charge in [-0.15, -0.1) is 0 Å². The predicted octanol–water partition coefficient (Wildman–Crippen LogP) is -0.0569. The van der Waals surface area contributed by atoms with Crippen molar-refractivity contribution in [3.05, 3.63) is 0 Å². The molecule has 0 aliphatic rings. The Hall–Kier alpha value is -0.0800. The van der Waals surface area contributed by atoms with Crippen LogP contribution in [0.4, 0.5) is 0 Å². The van der Waals surface area contributed by atoms with Crippen LogP contribution in [0.15, 0.2) is 0 Å². The van der Waals surface area contributed by atoms with Crippen LogP contribution in [0.2, 0.25) is 0 Å². The van der Waals surface area contributed by atoms with Crippen LogP contribution in [0.1, 0.15) is 13.8 Å². The fraction of sp³-hybridized carbons (Fsp3) is 1.00. The van der Waals surface area contributed by atoms with E-state index in [4.69, 9.17) is 5.73 Å². The van der Waals surface area contributed by atoms with Crippen LogP contribution in [-0.4, -0.2) is 19.1 Å². The van der Waals surface area contributed by atoms with Crippen LogP contribution in [0, 0.1) is 0 Å². The van der Waals surface area contributed by atoms with E-state index in [1.807, 2.05) is 6.92 Å². The molecule has 0 saturated heterocycles. The van der Waals surface area contributed by atoms with E-state index in [1.54, 1.807) is 0 Å². The number of hydrogen-bond donors (Lipinski definition) is 2. The summed E-state index contributed by atoms with van der Waals surface area (Å²) in [6.07, 6.45) is 0. The second-order valence-electron chi connectivity index (χ2n) is 1.78. The van der Waals surface area contributed by atoms with Crippen LogP contribution in [0.3, 0.4) is 0 Å². The average molecular weight is 102 g/mol. The third-order valence-corrected chi connectivity index (χ3v) is 0.716. The molecule has 0 heterocycles. The van der Waals surface area contributed by atoms with Gasteiger partial charge >= 0.3 is 0 Å². The van der Waals surface area contributed by atoms with Gasteiger partial charge in [0.05, 0.1) is 0 Å². The Morgan fingerprint density at radius 2 is 2.29 bits per heavy atom. The molecule has 1 unspecified atom stereocenters. The second kappa shape index (κ2) is 4.09. The molecule has 2 nitrogen and oxygen atoms in total. The highest BCUT2D eigenvalue weighted by Crippen LogP contribution is 1.66. The molecule has 0 aromatic carbocycles. The summed E-state index contributed by atoms with van der Waals surface area (Å²) < 4.78 is 0. The number of rotatable bonds is 3. The molecule has 3 N–H and O–H groups in total. The summed E-state index contributed by atoms with van der Waals surface area (Å²) >= 11 is 0. The zero-order valence-electron chi connectivity index (χ0n) is 5.07. The summed E-state index contributed by atoms with van der Waals surface area (Å²) in [4.78, 5) is 0. The van der Waals surface area contributed by atoms with Gasteiger partial charge in [-0.1, -0.05) is 6.92 Å². The standard InChI is InChI=1S/C5H14N2/c1-3-7-4-5(2)6/h5,7H,3-4,6H2,1-2H3. The Balaban J connectivity index is 2.68. The molecule has 0 fully saturated rings. The van der Waals surface area contributed by atoms with Gasteiger partial charge in [0.2, 0.25) is 0 Å². The monoisotopic (exact) mass is 102 g/mol. The number of hydrogen-bond acceptors (Lipinski definition) is 2. The van der Waals surface area contributed by atoms with Gasteiger partial charge in [-0.3, -0.25) is 0 Å². The van der Waals surface area contributed by atoms with Gasteiger partial charge in [-0.2, -0.15) is 0 Å². The number of likely N-dealkylation sites (N-methyl/N-ethyl adjacent to an activating group) is 1. The number of nitrogens with two attached hydrogens (primary N) is 1. The summed E-state index contributed by atoms with van der Waals surface area (Å²) in [5.74, 6) is 0. The fourth-order valence-electron chi connectivity index (χ4n) is 0.372. The van der Waals surface area contributed by atoms with Gasteiger partial charge < -0.3 is 11.1 Å². The van der Waals surface area contributed by atoms with Crippen molar-refractivity contribution in [1.29, 1.82) is 0 Å². The van der Waals surface area contributed by atoms with Crippen molar-refractivity contribution in [2.45, 2.75) is 19.9 Å². The second-order valence-corrected chi connectivity index (χ2v) is 1.78. The van der Waals surface area contributed by atoms with E-state index in [0.717, 1.165) is 13.1 Å². The van der Waals surface area contributed by atoms with Gasteiger partial charge in [-0.05, 0) is 13.5 Å². The summed E-state index contributed by atoms with van der Waals surface area (Å²) in [7, 11) is 0. The molecule has 0 aromatic rings. The third-order valence-electron chi connectivity index (χ3n) is 0.716. The first-order valence-electron chi connectivity index (χ1n) is 2.73. The minimum atomic E-state index is 0.292. The highest BCUT2D eigenvalue weighted by Gasteiger charge is 1.86. The highest BCUT2D eigenvalue weighted by atomic mass is 14.9. The minimum Gasteiger partial charge on any atom is -0.327 e. The molecule has 1 atom stereocenters. The molecule has 0 aliphatic heterocycles. The summed E-state index contributed by atoms with van der Waals surface area (Å²) in [5.41, 5.74) is 5.42. The number of nitrogens with one attached hydrogen (secondary N) is 1. The molecular weight excluding hydrogens is 88.1 g/mol. The summed E-state index contributed by atoms with van der Waals surface area (Å²) in [6, 6.07) is 0.292. The summed E-state index contributed by atoms with van der Waals surface area (Å²) in [6.45, 7) is 6.00. The van der Waals surface area contributed by atoms with Crippen LogP contribution in [-0.2, 0) is 0 Å². The molecule has 0 amide bonds. The highest BCUT2D eigenvalue weighted by molar-refractivity contribution is 4.54. The maximum Gasteiger partial charge on any atom is 0.0136 e. The van der Waals surface area contributed by atoms with Crippen LogP contribution in [0.25, 0.3) is 0 Å². The predicted molar refractivity (Wildman–Crippen MR) is 32.2 cm³/mol. The molecule has 0 spiro atoms. The van der Waals surface area contributed by atoms with E-state index in [2.05, 4.69) is 12.2 Å². The molecule has 44 valence electrons. The van der Waals surface area contributed by atoms with Crippen LogP contribution in [0.5, 0.6) is 0 Å². The van der Waals surface area contributed by atoms with Gasteiger partial charge in [0.1, 0.15) is 0 Å². The van der Waals surface area contributed by atoms with Gasteiger partial charge in [-0.25, -0.2) is 0 Å². The maximum absolute atomic E-state index is 5.42. The van der Waals surface area contributed by atoms with Gasteiger partial charge in [0, 0.05) is 12.6 Å². The third kappa shape index (κ3) is 5.92. The molecule has 0 saturated carbocycles. The quantitative estimate of drug-likeness (QED) is 0.524. The van der Waals surface area contributed by atoms with Gasteiger partial charge in [0.25, 0.3) is 0 Å². The zero-order valence-corrected chi connectivity index (χ0v) is 5.07. The lowest BCUT2D eigenvalue weighted by Gasteiger charge is -2.02. The van der Waals surface area contributed by atoms with Gasteiger partial charge in [0.15, 0.2) is 0 Å². The average Bonchev–Trinajstić information content (AvgIpc) is 1.61. The normalized spacial score (nSPS) is 14.1. The first-order valence-corrected chi connectivity index (χ1v) is 2.73.